The Hall–Kier alpha value is -1.70. The third kappa shape index (κ3) is 7.44. The number of carboxylic acids is 1. The van der Waals surface area contributed by atoms with Crippen molar-refractivity contribution in [1.82, 2.24) is 0 Å². The van der Waals surface area contributed by atoms with E-state index in [9.17, 15) is 19.8 Å². The molecule has 0 aromatic carbocycles. The Labute approximate surface area is 184 Å². The van der Waals surface area contributed by atoms with E-state index in [0.29, 0.717) is 19.3 Å². The largest absolute Gasteiger partial charge is 0.481 e. The zero-order valence-electron chi connectivity index (χ0n) is 18.8. The van der Waals surface area contributed by atoms with Crippen LogP contribution in [0, 0.1) is 29.6 Å². The summed E-state index contributed by atoms with van der Waals surface area (Å²) in [5, 5.41) is 38.0. The number of allylic oxidation sites excluding steroid dienone is 3. The lowest BCUT2D eigenvalue weighted by atomic mass is 9.65. The Morgan fingerprint density at radius 2 is 1.90 bits per heavy atom. The first-order valence-corrected chi connectivity index (χ1v) is 11.4. The van der Waals surface area contributed by atoms with Gasteiger partial charge >= 0.3 is 11.9 Å². The fourth-order valence-corrected chi connectivity index (χ4v) is 4.90. The molecule has 7 heteroatoms. The third-order valence-electron chi connectivity index (χ3n) is 6.61. The molecule has 176 valence electrons. The van der Waals surface area contributed by atoms with Crippen molar-refractivity contribution in [3.05, 3.63) is 23.8 Å². The zero-order chi connectivity index (χ0) is 23.1. The maximum atomic E-state index is 12.6. The van der Waals surface area contributed by atoms with E-state index in [-0.39, 0.29) is 61.1 Å². The number of esters is 1. The summed E-state index contributed by atoms with van der Waals surface area (Å²) in [6.45, 7) is 5.94. The maximum Gasteiger partial charge on any atom is 0.309 e. The zero-order valence-corrected chi connectivity index (χ0v) is 18.8. The molecule has 8 atom stereocenters. The normalized spacial score (nSPS) is 30.6. The Balaban J connectivity index is 2.09. The van der Waals surface area contributed by atoms with Gasteiger partial charge in [0, 0.05) is 12.5 Å². The highest BCUT2D eigenvalue weighted by Crippen LogP contribution is 2.45. The van der Waals surface area contributed by atoms with E-state index in [4.69, 9.17) is 14.9 Å². The van der Waals surface area contributed by atoms with Crippen LogP contribution in [0.4, 0.5) is 0 Å². The minimum absolute atomic E-state index is 0.0325. The van der Waals surface area contributed by atoms with Crippen LogP contribution in [0.25, 0.3) is 0 Å². The highest BCUT2D eigenvalue weighted by Gasteiger charge is 2.41. The molecule has 1 unspecified atom stereocenters. The molecule has 0 fully saturated rings. The number of fused-ring (bicyclic) bond motifs is 1. The fourth-order valence-electron chi connectivity index (χ4n) is 4.90. The molecule has 0 heterocycles. The lowest BCUT2D eigenvalue weighted by Gasteiger charge is -2.43. The van der Waals surface area contributed by atoms with Crippen molar-refractivity contribution in [3.8, 4) is 0 Å². The molecular formula is C24H38O7. The lowest BCUT2D eigenvalue weighted by molar-refractivity contribution is -0.159. The van der Waals surface area contributed by atoms with Gasteiger partial charge in [0.1, 0.15) is 6.10 Å². The minimum Gasteiger partial charge on any atom is -0.481 e. The second-order valence-corrected chi connectivity index (χ2v) is 9.39. The molecule has 0 saturated carbocycles. The molecule has 2 aliphatic rings. The van der Waals surface area contributed by atoms with Gasteiger partial charge in [-0.1, -0.05) is 39.0 Å². The fraction of sp³-hybridized carbons (Fsp3) is 0.750. The molecule has 0 aromatic heterocycles. The van der Waals surface area contributed by atoms with Crippen molar-refractivity contribution in [2.45, 2.75) is 77.6 Å². The summed E-state index contributed by atoms with van der Waals surface area (Å²) in [4.78, 5) is 23.3. The van der Waals surface area contributed by atoms with Gasteiger partial charge in [-0.2, -0.15) is 0 Å². The molecule has 0 saturated heterocycles. The molecule has 0 bridgehead atoms. The van der Waals surface area contributed by atoms with E-state index in [1.807, 2.05) is 0 Å². The number of rotatable bonds is 11. The minimum atomic E-state index is -1.09. The topological polar surface area (TPSA) is 124 Å². The summed E-state index contributed by atoms with van der Waals surface area (Å²) < 4.78 is 5.95. The smallest absolute Gasteiger partial charge is 0.309 e. The van der Waals surface area contributed by atoms with E-state index in [1.54, 1.807) is 6.92 Å². The van der Waals surface area contributed by atoms with Crippen LogP contribution in [0.3, 0.4) is 0 Å². The molecule has 0 radical (unpaired) electrons. The summed E-state index contributed by atoms with van der Waals surface area (Å²) in [5.74, 6) is -1.00. The van der Waals surface area contributed by atoms with Gasteiger partial charge in [0.2, 0.25) is 0 Å². The van der Waals surface area contributed by atoms with E-state index in [1.165, 1.54) is 0 Å². The molecule has 0 aromatic rings. The van der Waals surface area contributed by atoms with E-state index >= 15 is 0 Å². The Morgan fingerprint density at radius 1 is 1.19 bits per heavy atom. The Morgan fingerprint density at radius 3 is 2.55 bits per heavy atom. The first kappa shape index (κ1) is 25.6. The average Bonchev–Trinajstić information content (AvgIpc) is 2.66. The highest BCUT2D eigenvalue weighted by molar-refractivity contribution is 5.72. The molecule has 7 nitrogen and oxygen atoms in total. The van der Waals surface area contributed by atoms with Crippen molar-refractivity contribution in [2.75, 3.05) is 6.61 Å². The van der Waals surface area contributed by atoms with Crippen LogP contribution < -0.4 is 0 Å². The SMILES string of the molecule is CC(CCO)C(=O)O[C@H]1C[C@@H](C)C=C2C=C[C@H](C)[C@H](CC[C@@H](O)C[C@@H](O)CC(=O)O)[C@H]21. The second kappa shape index (κ2) is 11.8. The molecule has 0 spiro atoms. The monoisotopic (exact) mass is 438 g/mol. The predicted molar refractivity (Wildman–Crippen MR) is 116 cm³/mol. The summed E-state index contributed by atoms with van der Waals surface area (Å²) in [5.41, 5.74) is 1.16. The second-order valence-electron chi connectivity index (χ2n) is 9.39. The van der Waals surface area contributed by atoms with E-state index < -0.39 is 18.2 Å². The summed E-state index contributed by atoms with van der Waals surface area (Å²) >= 11 is 0. The number of ether oxygens (including phenoxy) is 1. The van der Waals surface area contributed by atoms with Crippen LogP contribution in [0.15, 0.2) is 23.8 Å². The number of hydrogen-bond donors (Lipinski definition) is 4. The van der Waals surface area contributed by atoms with Gasteiger partial charge in [-0.25, -0.2) is 0 Å². The summed E-state index contributed by atoms with van der Waals surface area (Å²) in [6.07, 6.45) is 6.30. The van der Waals surface area contributed by atoms with Gasteiger partial charge in [0.15, 0.2) is 0 Å². The lowest BCUT2D eigenvalue weighted by Crippen LogP contribution is -2.41. The molecule has 0 amide bonds. The summed E-state index contributed by atoms with van der Waals surface area (Å²) in [6, 6.07) is 0. The van der Waals surface area contributed by atoms with Gasteiger partial charge in [0.25, 0.3) is 0 Å². The first-order chi connectivity index (χ1) is 14.6. The average molecular weight is 439 g/mol. The van der Waals surface area contributed by atoms with E-state index in [0.717, 1.165) is 12.0 Å². The number of aliphatic hydroxyl groups is 3. The van der Waals surface area contributed by atoms with Crippen molar-refractivity contribution < 1.29 is 34.8 Å². The predicted octanol–water partition coefficient (Wildman–Crippen LogP) is 2.69. The number of carbonyl (C=O) groups excluding carboxylic acids is 1. The van der Waals surface area contributed by atoms with Gasteiger partial charge in [-0.3, -0.25) is 9.59 Å². The number of aliphatic carboxylic acids is 1. The van der Waals surface area contributed by atoms with Crippen molar-refractivity contribution in [1.29, 1.82) is 0 Å². The number of hydrogen-bond acceptors (Lipinski definition) is 6. The Bertz CT molecular complexity index is 671. The standard InChI is InChI=1S/C24H38O7/c1-14-10-17-5-4-15(2)20(7-6-18(26)12-19(27)13-22(28)29)23(17)21(11-14)31-24(30)16(3)8-9-25/h4-5,10,14-16,18-21,23,25-27H,6-9,11-13H2,1-3H3,(H,28,29)/t14-,15-,16?,18+,19+,20-,21-,23-/m0/s1. The van der Waals surface area contributed by atoms with Gasteiger partial charge in [-0.05, 0) is 55.4 Å². The van der Waals surface area contributed by atoms with Crippen LogP contribution in [-0.2, 0) is 14.3 Å². The highest BCUT2D eigenvalue weighted by atomic mass is 16.5. The molecular weight excluding hydrogens is 400 g/mol. The van der Waals surface area contributed by atoms with Crippen molar-refractivity contribution >= 4 is 11.9 Å². The number of aliphatic hydroxyl groups excluding tert-OH is 3. The van der Waals surface area contributed by atoms with Gasteiger partial charge < -0.3 is 25.2 Å². The van der Waals surface area contributed by atoms with Crippen LogP contribution >= 0.6 is 0 Å². The van der Waals surface area contributed by atoms with Gasteiger partial charge in [0.05, 0.1) is 24.5 Å². The van der Waals surface area contributed by atoms with Gasteiger partial charge in [-0.15, -0.1) is 0 Å². The summed E-state index contributed by atoms with van der Waals surface area (Å²) in [7, 11) is 0. The van der Waals surface area contributed by atoms with Crippen molar-refractivity contribution in [2.24, 2.45) is 29.6 Å². The van der Waals surface area contributed by atoms with Crippen molar-refractivity contribution in [3.63, 3.8) is 0 Å². The first-order valence-electron chi connectivity index (χ1n) is 11.4. The quantitative estimate of drug-likeness (QED) is 0.366. The van der Waals surface area contributed by atoms with Crippen LogP contribution in [0.5, 0.6) is 0 Å². The number of carbonyl (C=O) groups is 2. The van der Waals surface area contributed by atoms with E-state index in [2.05, 4.69) is 32.1 Å². The van der Waals surface area contributed by atoms with Crippen LogP contribution in [0.2, 0.25) is 0 Å². The Kier molecular flexibility index (Phi) is 9.72. The van der Waals surface area contributed by atoms with Crippen LogP contribution in [-0.4, -0.2) is 57.3 Å². The molecule has 4 N–H and O–H groups in total. The molecule has 0 aliphatic heterocycles. The van der Waals surface area contributed by atoms with Crippen LogP contribution in [0.1, 0.15) is 59.3 Å². The molecule has 2 rings (SSSR count). The molecule has 2 aliphatic carbocycles. The maximum absolute atomic E-state index is 12.6. The number of carboxylic acid groups (broad SMARTS) is 1. The molecule has 31 heavy (non-hydrogen) atoms. The third-order valence-corrected chi connectivity index (χ3v) is 6.61.